The lowest BCUT2D eigenvalue weighted by Gasteiger charge is -2.15. The lowest BCUT2D eigenvalue weighted by Crippen LogP contribution is -2.11. The van der Waals surface area contributed by atoms with Gasteiger partial charge in [0.1, 0.15) is 17.6 Å². The number of hydrogen-bond acceptors (Lipinski definition) is 6. The van der Waals surface area contributed by atoms with Crippen molar-refractivity contribution in [2.75, 3.05) is 32.4 Å². The Labute approximate surface area is 206 Å². The predicted octanol–water partition coefficient (Wildman–Crippen LogP) is 4.93. The Balaban J connectivity index is 2.27. The molecule has 0 aliphatic carbocycles. The molecule has 1 heterocycles. The maximum absolute atomic E-state index is 13.9. The SMILES string of the molecule is [2H]/C(=C\C(=O)Cc1c(OC([2H])([2H])C)c([2H])c2nc([2H])c(C#N)c(Nc3ccc(F)c(C)c3)c2c1[2H])CN(C)C([2H])([2H])[2H]. The van der Waals surface area contributed by atoms with Crippen molar-refractivity contribution in [3.63, 3.8) is 0 Å². The number of ketones is 1. The van der Waals surface area contributed by atoms with Crippen LogP contribution in [0, 0.1) is 24.1 Å². The van der Waals surface area contributed by atoms with Gasteiger partial charge in [0.25, 0.3) is 0 Å². The van der Waals surface area contributed by atoms with Crippen LogP contribution in [0.4, 0.5) is 15.8 Å². The van der Waals surface area contributed by atoms with E-state index in [-0.39, 0.29) is 45.9 Å². The van der Waals surface area contributed by atoms with Gasteiger partial charge in [-0.15, -0.1) is 0 Å². The summed E-state index contributed by atoms with van der Waals surface area (Å²) in [6, 6.07) is 4.47. The van der Waals surface area contributed by atoms with Crippen molar-refractivity contribution in [2.24, 2.45) is 0 Å². The zero-order chi connectivity index (χ0) is 31.7. The van der Waals surface area contributed by atoms with Gasteiger partial charge in [0.05, 0.1) is 31.6 Å². The first-order valence-corrected chi connectivity index (χ1v) is 9.84. The fourth-order valence-electron chi connectivity index (χ4n) is 2.98. The number of benzene rings is 2. The molecule has 170 valence electrons. The molecule has 0 aliphatic rings. The van der Waals surface area contributed by atoms with E-state index in [1.807, 2.05) is 6.07 Å². The molecule has 7 heteroatoms. The highest BCUT2D eigenvalue weighted by Gasteiger charge is 2.16. The fraction of sp³-hybridized carbons (Fsp3) is 0.269. The maximum Gasteiger partial charge on any atom is 0.159 e. The first kappa shape index (κ1) is 14.4. The lowest BCUT2D eigenvalue weighted by atomic mass is 10.0. The number of hydrogen-bond donors (Lipinski definition) is 1. The Morgan fingerprint density at radius 1 is 1.52 bits per heavy atom. The van der Waals surface area contributed by atoms with Gasteiger partial charge in [-0.2, -0.15) is 5.26 Å². The standard InChI is InChI=1S/C26H27FN4O2/c1-5-33-25-14-24-22(13-18(25)12-21(32)7-6-10-31(3)4)26(19(15-28)16-29-24)30-20-8-9-23(27)17(2)11-20/h6-9,11,13-14,16H,5,10,12H2,1-4H3,(H,29,30)/b7-6+/i3D3,5D2,6D,13D,14D,16D. The molecule has 0 fully saturated rings. The number of allylic oxidation sites excluding steroid dienone is 1. The topological polar surface area (TPSA) is 78.2 Å². The van der Waals surface area contributed by atoms with E-state index in [1.165, 1.54) is 32.2 Å². The van der Waals surface area contributed by atoms with Crippen molar-refractivity contribution >= 4 is 28.1 Å². The Hall–Kier alpha value is -3.76. The molecule has 0 unspecified atom stereocenters. The number of rotatable bonds is 9. The van der Waals surface area contributed by atoms with E-state index < -0.39 is 55.6 Å². The molecule has 0 spiro atoms. The number of fused-ring (bicyclic) bond motifs is 1. The molecule has 33 heavy (non-hydrogen) atoms. The van der Waals surface area contributed by atoms with Gasteiger partial charge in [-0.05, 0) is 63.8 Å². The minimum Gasteiger partial charge on any atom is -0.494 e. The van der Waals surface area contributed by atoms with E-state index in [9.17, 15) is 14.4 Å². The van der Waals surface area contributed by atoms with Crippen LogP contribution in [0.15, 0.2) is 48.6 Å². The summed E-state index contributed by atoms with van der Waals surface area (Å²) in [5, 5.41) is 12.6. The third-order valence-electron chi connectivity index (χ3n) is 4.48. The summed E-state index contributed by atoms with van der Waals surface area (Å²) in [7, 11) is 1.25. The van der Waals surface area contributed by atoms with Crippen LogP contribution in [0.3, 0.4) is 0 Å². The number of aromatic nitrogens is 1. The van der Waals surface area contributed by atoms with E-state index in [0.29, 0.717) is 5.69 Å². The number of anilines is 2. The summed E-state index contributed by atoms with van der Waals surface area (Å²) in [6.07, 6.45) is -0.328. The predicted molar refractivity (Wildman–Crippen MR) is 128 cm³/mol. The van der Waals surface area contributed by atoms with Gasteiger partial charge >= 0.3 is 0 Å². The Morgan fingerprint density at radius 2 is 2.33 bits per heavy atom. The Bertz CT molecular complexity index is 1630. The van der Waals surface area contributed by atoms with Crippen LogP contribution in [0.5, 0.6) is 5.75 Å². The van der Waals surface area contributed by atoms with E-state index >= 15 is 0 Å². The summed E-state index contributed by atoms with van der Waals surface area (Å²) in [4.78, 5) is 17.9. The molecule has 1 aromatic heterocycles. The molecule has 0 saturated carbocycles. The molecule has 0 bridgehead atoms. The van der Waals surface area contributed by atoms with E-state index in [4.69, 9.17) is 17.1 Å². The molecule has 0 amide bonds. The summed E-state index contributed by atoms with van der Waals surface area (Å²) >= 11 is 0. The number of carbonyl (C=O) groups is 1. The number of aryl methyl sites for hydroxylation is 1. The molecular formula is C26H27FN4O2. The zero-order valence-electron chi connectivity index (χ0n) is 27.3. The second kappa shape index (κ2) is 10.7. The van der Waals surface area contributed by atoms with Gasteiger partial charge < -0.3 is 15.0 Å². The summed E-state index contributed by atoms with van der Waals surface area (Å²) < 4.78 is 91.3. The molecular weight excluding hydrogens is 419 g/mol. The number of halogens is 1. The van der Waals surface area contributed by atoms with Gasteiger partial charge in [-0.25, -0.2) is 4.39 Å². The zero-order valence-corrected chi connectivity index (χ0v) is 18.3. The Morgan fingerprint density at radius 3 is 3.03 bits per heavy atom. The molecule has 1 N–H and O–H groups in total. The van der Waals surface area contributed by atoms with Crippen LogP contribution in [0.2, 0.25) is 0 Å². The number of carbonyl (C=O) groups excluding carboxylic acids is 1. The highest BCUT2D eigenvalue weighted by Crippen LogP contribution is 2.34. The highest BCUT2D eigenvalue weighted by atomic mass is 19.1. The fourth-order valence-corrected chi connectivity index (χ4v) is 2.98. The van der Waals surface area contributed by atoms with E-state index in [2.05, 4.69) is 10.3 Å². The number of ether oxygens (including phenoxy) is 1. The van der Waals surface area contributed by atoms with Crippen molar-refractivity contribution in [1.29, 1.82) is 5.26 Å². The van der Waals surface area contributed by atoms with Crippen molar-refractivity contribution in [1.82, 2.24) is 9.88 Å². The van der Waals surface area contributed by atoms with Crippen molar-refractivity contribution < 1.29 is 26.3 Å². The van der Waals surface area contributed by atoms with Gasteiger partial charge in [-0.1, -0.05) is 6.05 Å². The quantitative estimate of drug-likeness (QED) is 0.461. The normalized spacial score (nSPS) is 16.2. The number of nitrogens with one attached hydrogen (secondary N) is 1. The van der Waals surface area contributed by atoms with Crippen LogP contribution < -0.4 is 10.1 Å². The second-order valence-electron chi connectivity index (χ2n) is 7.11. The minimum atomic E-state index is -2.50. The first-order chi connectivity index (χ1) is 19.3. The molecule has 2 aromatic carbocycles. The van der Waals surface area contributed by atoms with Gasteiger partial charge in [0.15, 0.2) is 5.78 Å². The largest absolute Gasteiger partial charge is 0.494 e. The molecule has 0 aliphatic heterocycles. The second-order valence-corrected chi connectivity index (χ2v) is 7.11. The summed E-state index contributed by atoms with van der Waals surface area (Å²) in [5.41, 5.74) is -0.367. The number of pyridine rings is 1. The van der Waals surface area contributed by atoms with Crippen LogP contribution in [0.1, 0.15) is 36.0 Å². The average molecular weight is 456 g/mol. The number of nitrogens with zero attached hydrogens (tertiary/aromatic N) is 3. The van der Waals surface area contributed by atoms with Crippen LogP contribution >= 0.6 is 0 Å². The molecule has 0 saturated heterocycles. The highest BCUT2D eigenvalue weighted by molar-refractivity contribution is 5.98. The van der Waals surface area contributed by atoms with Gasteiger partial charge in [0.2, 0.25) is 0 Å². The lowest BCUT2D eigenvalue weighted by molar-refractivity contribution is -0.114. The number of likely N-dealkylation sites (N-methyl/N-ethyl adjacent to an activating group) is 1. The van der Waals surface area contributed by atoms with Gasteiger partial charge in [-0.3, -0.25) is 9.78 Å². The van der Waals surface area contributed by atoms with E-state index in [1.54, 1.807) is 0 Å². The van der Waals surface area contributed by atoms with E-state index in [0.717, 1.165) is 17.9 Å². The van der Waals surface area contributed by atoms with Crippen LogP contribution in [-0.2, 0) is 11.2 Å². The van der Waals surface area contributed by atoms with Crippen LogP contribution in [0.25, 0.3) is 10.9 Å². The summed E-state index contributed by atoms with van der Waals surface area (Å²) in [6.45, 7) is -2.69. The smallest absolute Gasteiger partial charge is 0.159 e. The van der Waals surface area contributed by atoms with Crippen molar-refractivity contribution in [2.45, 2.75) is 20.3 Å². The minimum absolute atomic E-state index is 0.104. The molecule has 0 atom stereocenters. The molecule has 0 radical (unpaired) electrons. The first-order valence-electron chi connectivity index (χ1n) is 14.3. The summed E-state index contributed by atoms with van der Waals surface area (Å²) in [5.74, 6) is -1.74. The third-order valence-corrected chi connectivity index (χ3v) is 4.48. The maximum atomic E-state index is 13.9. The third kappa shape index (κ3) is 5.93. The van der Waals surface area contributed by atoms with Crippen molar-refractivity contribution in [3.05, 3.63) is 71.1 Å². The average Bonchev–Trinajstić information content (AvgIpc) is 2.85. The van der Waals surface area contributed by atoms with Gasteiger partial charge in [0, 0.05) is 45.9 Å². The number of nitriles is 1. The molecule has 3 aromatic rings. The molecule has 6 nitrogen and oxygen atoms in total. The Kier molecular flexibility index (Phi) is 4.67. The van der Waals surface area contributed by atoms with Crippen molar-refractivity contribution in [3.8, 4) is 11.8 Å². The monoisotopic (exact) mass is 455 g/mol. The molecule has 3 rings (SSSR count). The van der Waals surface area contributed by atoms with Crippen LogP contribution in [-0.4, -0.2) is 42.8 Å².